The summed E-state index contributed by atoms with van der Waals surface area (Å²) in [6.45, 7) is 0.592. The lowest BCUT2D eigenvalue weighted by molar-refractivity contribution is 0.306. The summed E-state index contributed by atoms with van der Waals surface area (Å²) >= 11 is 1.67. The minimum atomic E-state index is 0.592. The smallest absolute Gasteiger partial charge is 0.119 e. The Morgan fingerprint density at radius 1 is 0.850 bits per heavy atom. The highest BCUT2D eigenvalue weighted by atomic mass is 32.2. The summed E-state index contributed by atoms with van der Waals surface area (Å²) in [7, 11) is 0. The molecule has 20 heavy (non-hydrogen) atoms. The van der Waals surface area contributed by atoms with Crippen molar-refractivity contribution >= 4 is 11.8 Å². The summed E-state index contributed by atoms with van der Waals surface area (Å²) in [5.41, 5.74) is 1.17. The van der Waals surface area contributed by atoms with Gasteiger partial charge in [-0.05, 0) is 35.9 Å². The number of ether oxygens (including phenoxy) is 1. The van der Waals surface area contributed by atoms with Gasteiger partial charge in [0.15, 0.2) is 0 Å². The molecule has 2 nitrogen and oxygen atoms in total. The summed E-state index contributed by atoms with van der Waals surface area (Å²) < 4.78 is 10.8. The number of benzene rings is 2. The fraction of sp³-hybridized carbons (Fsp3) is 0.0588. The van der Waals surface area contributed by atoms with Crippen molar-refractivity contribution in [2.75, 3.05) is 0 Å². The van der Waals surface area contributed by atoms with E-state index in [0.29, 0.717) is 6.61 Å². The maximum atomic E-state index is 5.75. The molecule has 0 aliphatic rings. The second-order valence-electron chi connectivity index (χ2n) is 4.31. The molecule has 0 saturated heterocycles. The quantitative estimate of drug-likeness (QED) is 0.657. The number of furan rings is 1. The largest absolute Gasteiger partial charge is 0.489 e. The Balaban J connectivity index is 1.59. The van der Waals surface area contributed by atoms with Gasteiger partial charge in [0.2, 0.25) is 0 Å². The van der Waals surface area contributed by atoms with E-state index in [-0.39, 0.29) is 0 Å². The summed E-state index contributed by atoms with van der Waals surface area (Å²) in [6.07, 6.45) is 3.42. The van der Waals surface area contributed by atoms with Gasteiger partial charge in [-0.1, -0.05) is 42.1 Å². The Labute approximate surface area is 122 Å². The highest BCUT2D eigenvalue weighted by Crippen LogP contribution is 2.29. The van der Waals surface area contributed by atoms with Crippen LogP contribution in [0.25, 0.3) is 0 Å². The lowest BCUT2D eigenvalue weighted by Gasteiger charge is -2.07. The van der Waals surface area contributed by atoms with E-state index in [1.807, 2.05) is 36.4 Å². The van der Waals surface area contributed by atoms with Crippen molar-refractivity contribution in [3.05, 3.63) is 78.8 Å². The second-order valence-corrected chi connectivity index (χ2v) is 5.45. The van der Waals surface area contributed by atoms with Gasteiger partial charge in [-0.15, -0.1) is 0 Å². The van der Waals surface area contributed by atoms with Crippen LogP contribution in [0.4, 0.5) is 0 Å². The minimum absolute atomic E-state index is 0.592. The number of rotatable bonds is 5. The van der Waals surface area contributed by atoms with Crippen molar-refractivity contribution in [1.82, 2.24) is 0 Å². The zero-order valence-corrected chi connectivity index (χ0v) is 11.7. The van der Waals surface area contributed by atoms with Crippen LogP contribution in [0, 0.1) is 0 Å². The lowest BCUT2D eigenvalue weighted by Crippen LogP contribution is -1.94. The molecule has 0 amide bonds. The van der Waals surface area contributed by atoms with Crippen molar-refractivity contribution < 1.29 is 9.15 Å². The van der Waals surface area contributed by atoms with E-state index < -0.39 is 0 Å². The first-order valence-corrected chi connectivity index (χ1v) is 7.19. The molecule has 0 fully saturated rings. The Morgan fingerprint density at radius 3 is 2.35 bits per heavy atom. The van der Waals surface area contributed by atoms with Crippen LogP contribution in [0.5, 0.6) is 5.75 Å². The van der Waals surface area contributed by atoms with E-state index in [0.717, 1.165) is 10.6 Å². The van der Waals surface area contributed by atoms with Gasteiger partial charge in [-0.3, -0.25) is 0 Å². The molecule has 0 bridgehead atoms. The first kappa shape index (κ1) is 12.9. The fourth-order valence-corrected chi connectivity index (χ4v) is 2.56. The van der Waals surface area contributed by atoms with Gasteiger partial charge in [-0.2, -0.15) is 0 Å². The van der Waals surface area contributed by atoms with Gasteiger partial charge < -0.3 is 9.15 Å². The van der Waals surface area contributed by atoms with Gasteiger partial charge in [0.1, 0.15) is 18.6 Å². The third-order valence-corrected chi connectivity index (χ3v) is 3.78. The third kappa shape index (κ3) is 3.45. The van der Waals surface area contributed by atoms with E-state index in [1.165, 1.54) is 10.5 Å². The maximum absolute atomic E-state index is 5.75. The first-order valence-electron chi connectivity index (χ1n) is 6.37. The van der Waals surface area contributed by atoms with Crippen molar-refractivity contribution in [2.24, 2.45) is 0 Å². The minimum Gasteiger partial charge on any atom is -0.489 e. The zero-order chi connectivity index (χ0) is 13.6. The molecule has 3 rings (SSSR count). The Morgan fingerprint density at radius 2 is 1.65 bits per heavy atom. The Hall–Kier alpha value is -2.13. The summed E-state index contributed by atoms with van der Waals surface area (Å²) in [5, 5.41) is 0. The van der Waals surface area contributed by atoms with E-state index >= 15 is 0 Å². The van der Waals surface area contributed by atoms with E-state index in [1.54, 1.807) is 24.3 Å². The van der Waals surface area contributed by atoms with Crippen LogP contribution in [-0.4, -0.2) is 0 Å². The highest BCUT2D eigenvalue weighted by Gasteiger charge is 2.00. The normalized spacial score (nSPS) is 10.4. The lowest BCUT2D eigenvalue weighted by atomic mass is 10.2. The molecular formula is C17H14O2S. The molecule has 3 heteroatoms. The standard InChI is InChI=1S/C17H14O2S/c1-2-4-14(5-3-1)12-19-15-6-8-16(9-7-15)20-17-10-11-18-13-17/h1-11,13H,12H2. The molecule has 0 unspecified atom stereocenters. The number of hydrogen-bond donors (Lipinski definition) is 0. The molecule has 0 saturated carbocycles. The molecule has 0 spiro atoms. The average molecular weight is 282 g/mol. The van der Waals surface area contributed by atoms with Crippen molar-refractivity contribution in [1.29, 1.82) is 0 Å². The van der Waals surface area contributed by atoms with E-state index in [9.17, 15) is 0 Å². The van der Waals surface area contributed by atoms with Gasteiger partial charge in [-0.25, -0.2) is 0 Å². The summed E-state index contributed by atoms with van der Waals surface area (Å²) in [4.78, 5) is 2.27. The van der Waals surface area contributed by atoms with Crippen molar-refractivity contribution in [3.8, 4) is 5.75 Å². The SMILES string of the molecule is c1ccc(COc2ccc(Sc3ccoc3)cc2)cc1. The van der Waals surface area contributed by atoms with E-state index in [4.69, 9.17) is 9.15 Å². The Bertz CT molecular complexity index is 631. The average Bonchev–Trinajstić information content (AvgIpc) is 3.01. The predicted molar refractivity (Wildman–Crippen MR) is 80.0 cm³/mol. The fourth-order valence-electron chi connectivity index (χ4n) is 1.79. The third-order valence-electron chi connectivity index (χ3n) is 2.80. The maximum Gasteiger partial charge on any atom is 0.119 e. The van der Waals surface area contributed by atoms with E-state index in [2.05, 4.69) is 24.3 Å². The zero-order valence-electron chi connectivity index (χ0n) is 10.9. The van der Waals surface area contributed by atoms with Crippen LogP contribution in [0.3, 0.4) is 0 Å². The molecule has 0 N–H and O–H groups in total. The van der Waals surface area contributed by atoms with Crippen molar-refractivity contribution in [2.45, 2.75) is 16.4 Å². The molecule has 2 aromatic carbocycles. The molecule has 1 heterocycles. The summed E-state index contributed by atoms with van der Waals surface area (Å²) in [6, 6.07) is 20.2. The molecular weight excluding hydrogens is 268 g/mol. The molecule has 3 aromatic rings. The van der Waals surface area contributed by atoms with Crippen LogP contribution >= 0.6 is 11.8 Å². The highest BCUT2D eigenvalue weighted by molar-refractivity contribution is 7.99. The Kier molecular flexibility index (Phi) is 4.09. The molecule has 0 radical (unpaired) electrons. The molecule has 0 atom stereocenters. The van der Waals surface area contributed by atoms with Crippen LogP contribution in [-0.2, 0) is 6.61 Å². The monoisotopic (exact) mass is 282 g/mol. The summed E-state index contributed by atoms with van der Waals surface area (Å²) in [5.74, 6) is 0.880. The molecule has 0 aliphatic heterocycles. The second kappa shape index (κ2) is 6.35. The molecule has 1 aromatic heterocycles. The van der Waals surface area contributed by atoms with Crippen LogP contribution in [0.15, 0.2) is 87.4 Å². The predicted octanol–water partition coefficient (Wildman–Crippen LogP) is 5.01. The van der Waals surface area contributed by atoms with Crippen LogP contribution in [0.2, 0.25) is 0 Å². The molecule has 0 aliphatic carbocycles. The van der Waals surface area contributed by atoms with Gasteiger partial charge >= 0.3 is 0 Å². The van der Waals surface area contributed by atoms with Crippen LogP contribution in [0.1, 0.15) is 5.56 Å². The number of hydrogen-bond acceptors (Lipinski definition) is 3. The van der Waals surface area contributed by atoms with Gasteiger partial charge in [0, 0.05) is 4.90 Å². The van der Waals surface area contributed by atoms with Gasteiger partial charge in [0.05, 0.1) is 11.2 Å². The van der Waals surface area contributed by atoms with Crippen LogP contribution < -0.4 is 4.74 Å². The first-order chi connectivity index (χ1) is 9.90. The van der Waals surface area contributed by atoms with Crippen molar-refractivity contribution in [3.63, 3.8) is 0 Å². The van der Waals surface area contributed by atoms with Gasteiger partial charge in [0.25, 0.3) is 0 Å². The molecule has 100 valence electrons. The topological polar surface area (TPSA) is 22.4 Å².